The highest BCUT2D eigenvalue weighted by atomic mass is 16.5. The molecule has 0 saturated heterocycles. The molecule has 2 atom stereocenters. The Morgan fingerprint density at radius 3 is 2.43 bits per heavy atom. The van der Waals surface area contributed by atoms with Gasteiger partial charge in [0.2, 0.25) is 0 Å². The molecule has 0 saturated carbocycles. The highest BCUT2D eigenvalue weighted by Crippen LogP contribution is 2.40. The zero-order valence-corrected chi connectivity index (χ0v) is 13.3. The minimum atomic E-state index is -0.890. The summed E-state index contributed by atoms with van der Waals surface area (Å²) in [5, 5.41) is 10.1. The van der Waals surface area contributed by atoms with Crippen LogP contribution in [0.15, 0.2) is 18.2 Å². The van der Waals surface area contributed by atoms with Crippen LogP contribution in [-0.4, -0.2) is 28.7 Å². The number of rotatable bonds is 3. The molecule has 21 heavy (non-hydrogen) atoms. The average molecular weight is 292 g/mol. The first kappa shape index (κ1) is 15.8. The van der Waals surface area contributed by atoms with Crippen LogP contribution in [0.3, 0.4) is 0 Å². The van der Waals surface area contributed by atoms with Crippen LogP contribution in [0, 0.1) is 0 Å². The molecule has 1 aromatic carbocycles. The number of aliphatic hydroxyl groups is 1. The number of carbonyl (C=O) groups excluding carboxylic acids is 1. The van der Waals surface area contributed by atoms with Crippen molar-refractivity contribution in [3.8, 4) is 5.75 Å². The first-order valence-corrected chi connectivity index (χ1v) is 7.25. The minimum absolute atomic E-state index is 0.00196. The number of benzene rings is 1. The van der Waals surface area contributed by atoms with E-state index in [1.54, 1.807) is 43.9 Å². The van der Waals surface area contributed by atoms with E-state index in [-0.39, 0.29) is 18.0 Å². The molecular weight excluding hydrogens is 268 g/mol. The molecule has 1 aliphatic rings. The highest BCUT2D eigenvalue weighted by molar-refractivity contribution is 6.02. The summed E-state index contributed by atoms with van der Waals surface area (Å²) >= 11 is 0. The van der Waals surface area contributed by atoms with E-state index in [1.807, 2.05) is 13.8 Å². The third-order valence-corrected chi connectivity index (χ3v) is 3.70. The van der Waals surface area contributed by atoms with Gasteiger partial charge in [-0.25, -0.2) is 0 Å². The summed E-state index contributed by atoms with van der Waals surface area (Å²) in [5.74, 6) is 0.561. The maximum Gasteiger partial charge on any atom is 0.270 e. The van der Waals surface area contributed by atoms with Gasteiger partial charge in [-0.2, -0.15) is 0 Å². The van der Waals surface area contributed by atoms with Gasteiger partial charge in [0.25, 0.3) is 5.91 Å². The van der Waals surface area contributed by atoms with Crippen LogP contribution < -0.4 is 15.4 Å². The third kappa shape index (κ3) is 2.76. The minimum Gasteiger partial charge on any atom is -0.476 e. The van der Waals surface area contributed by atoms with Crippen molar-refractivity contribution in [1.82, 2.24) is 0 Å². The maximum absolute atomic E-state index is 12.6. The predicted molar refractivity (Wildman–Crippen MR) is 82.4 cm³/mol. The molecule has 1 heterocycles. The molecule has 0 radical (unpaired) electrons. The van der Waals surface area contributed by atoms with E-state index in [1.165, 1.54) is 0 Å². The fraction of sp³-hybridized carbons (Fsp3) is 0.562. The number of ether oxygens (including phenoxy) is 1. The summed E-state index contributed by atoms with van der Waals surface area (Å²) in [6, 6.07) is 4.99. The zero-order chi connectivity index (χ0) is 15.9. The topological polar surface area (TPSA) is 75.8 Å². The summed E-state index contributed by atoms with van der Waals surface area (Å²) in [4.78, 5) is 14.3. The van der Waals surface area contributed by atoms with E-state index in [0.717, 1.165) is 0 Å². The summed E-state index contributed by atoms with van der Waals surface area (Å²) in [5.41, 5.74) is 6.23. The van der Waals surface area contributed by atoms with Gasteiger partial charge >= 0.3 is 0 Å². The Hall–Kier alpha value is -1.59. The van der Waals surface area contributed by atoms with Crippen LogP contribution in [0.25, 0.3) is 0 Å². The smallest absolute Gasteiger partial charge is 0.270 e. The van der Waals surface area contributed by atoms with Gasteiger partial charge in [0.15, 0.2) is 5.60 Å². The molecular formula is C16H24N2O3. The van der Waals surface area contributed by atoms with Crippen LogP contribution in [0.5, 0.6) is 5.75 Å². The number of carbonyl (C=O) groups is 1. The Morgan fingerprint density at radius 1 is 1.29 bits per heavy atom. The van der Waals surface area contributed by atoms with E-state index in [9.17, 15) is 9.90 Å². The normalized spacial score (nSPS) is 20.0. The number of hydrogen-bond donors (Lipinski definition) is 2. The summed E-state index contributed by atoms with van der Waals surface area (Å²) < 4.78 is 5.80. The number of nitrogens with zero attached hydrogens (tertiary/aromatic N) is 1. The predicted octanol–water partition coefficient (Wildman–Crippen LogP) is 1.98. The Bertz CT molecular complexity index is 552. The molecule has 116 valence electrons. The molecule has 1 amide bonds. The molecule has 0 bridgehead atoms. The van der Waals surface area contributed by atoms with Gasteiger partial charge in [-0.3, -0.25) is 4.79 Å². The lowest BCUT2D eigenvalue weighted by Gasteiger charge is -2.41. The second-order valence-electron chi connectivity index (χ2n) is 6.41. The maximum atomic E-state index is 12.6. The van der Waals surface area contributed by atoms with Crippen LogP contribution in [0.4, 0.5) is 5.69 Å². The molecule has 5 nitrogen and oxygen atoms in total. The molecule has 0 aliphatic carbocycles. The summed E-state index contributed by atoms with van der Waals surface area (Å²) in [6.07, 6.45) is -0.769. The van der Waals surface area contributed by atoms with Gasteiger partial charge in [0, 0.05) is 12.1 Å². The molecule has 3 N–H and O–H groups in total. The zero-order valence-electron chi connectivity index (χ0n) is 13.3. The number of fused-ring (bicyclic) bond motifs is 1. The quantitative estimate of drug-likeness (QED) is 0.893. The van der Waals surface area contributed by atoms with Crippen molar-refractivity contribution in [2.24, 2.45) is 5.73 Å². The molecule has 2 rings (SSSR count). The number of nitrogens with two attached hydrogens (primary N) is 1. The van der Waals surface area contributed by atoms with E-state index in [0.29, 0.717) is 17.0 Å². The lowest BCUT2D eigenvalue weighted by atomic mass is 9.98. The van der Waals surface area contributed by atoms with Crippen LogP contribution in [-0.2, 0) is 4.79 Å². The summed E-state index contributed by atoms with van der Waals surface area (Å²) in [6.45, 7) is 9.18. The van der Waals surface area contributed by atoms with Crippen molar-refractivity contribution in [3.05, 3.63) is 23.8 Å². The van der Waals surface area contributed by atoms with Gasteiger partial charge in [-0.05, 0) is 52.3 Å². The third-order valence-electron chi connectivity index (χ3n) is 3.70. The Labute approximate surface area is 125 Å². The fourth-order valence-electron chi connectivity index (χ4n) is 2.53. The largest absolute Gasteiger partial charge is 0.476 e. The SMILES string of the molecule is CC(N)C(O)c1ccc2c(c1)N(C(C)C)C(=O)C(C)(C)O2. The number of amides is 1. The first-order valence-electron chi connectivity index (χ1n) is 7.25. The average Bonchev–Trinajstić information content (AvgIpc) is 2.38. The van der Waals surface area contributed by atoms with Crippen molar-refractivity contribution in [3.63, 3.8) is 0 Å². The molecule has 0 aromatic heterocycles. The Morgan fingerprint density at radius 2 is 1.90 bits per heavy atom. The number of aliphatic hydroxyl groups excluding tert-OH is 1. The van der Waals surface area contributed by atoms with Crippen molar-refractivity contribution < 1.29 is 14.6 Å². The second kappa shape index (κ2) is 5.31. The van der Waals surface area contributed by atoms with Gasteiger partial charge < -0.3 is 20.5 Å². The fourth-order valence-corrected chi connectivity index (χ4v) is 2.53. The Kier molecular flexibility index (Phi) is 4.00. The molecule has 0 fully saturated rings. The van der Waals surface area contributed by atoms with Gasteiger partial charge in [-0.1, -0.05) is 6.07 Å². The highest BCUT2D eigenvalue weighted by Gasteiger charge is 2.42. The van der Waals surface area contributed by atoms with Gasteiger partial charge in [0.05, 0.1) is 11.8 Å². The number of anilines is 1. The molecule has 2 unspecified atom stereocenters. The van der Waals surface area contributed by atoms with E-state index in [4.69, 9.17) is 10.5 Å². The monoisotopic (exact) mass is 292 g/mol. The van der Waals surface area contributed by atoms with Crippen LogP contribution >= 0.6 is 0 Å². The van der Waals surface area contributed by atoms with Crippen molar-refractivity contribution in [2.75, 3.05) is 4.90 Å². The van der Waals surface area contributed by atoms with E-state index >= 15 is 0 Å². The molecule has 1 aromatic rings. The van der Waals surface area contributed by atoms with Crippen molar-refractivity contribution in [2.45, 2.75) is 58.4 Å². The molecule has 1 aliphatic heterocycles. The first-order chi connectivity index (χ1) is 9.65. The van der Waals surface area contributed by atoms with Crippen molar-refractivity contribution >= 4 is 11.6 Å². The standard InChI is InChI=1S/C16H24N2O3/c1-9(2)18-12-8-11(14(19)10(3)17)6-7-13(12)21-16(4,5)15(18)20/h6-10,14,19H,17H2,1-5H3. The lowest BCUT2D eigenvalue weighted by Crippen LogP contribution is -2.54. The van der Waals surface area contributed by atoms with Crippen LogP contribution in [0.2, 0.25) is 0 Å². The summed E-state index contributed by atoms with van der Waals surface area (Å²) in [7, 11) is 0. The molecule has 5 heteroatoms. The van der Waals surface area contributed by atoms with Crippen LogP contribution in [0.1, 0.15) is 46.3 Å². The van der Waals surface area contributed by atoms with E-state index < -0.39 is 11.7 Å². The van der Waals surface area contributed by atoms with E-state index in [2.05, 4.69) is 0 Å². The Balaban J connectivity index is 2.53. The van der Waals surface area contributed by atoms with Crippen molar-refractivity contribution in [1.29, 1.82) is 0 Å². The van der Waals surface area contributed by atoms with Gasteiger partial charge in [0.1, 0.15) is 5.75 Å². The second-order valence-corrected chi connectivity index (χ2v) is 6.41. The number of hydrogen-bond acceptors (Lipinski definition) is 4. The molecule has 0 spiro atoms. The lowest BCUT2D eigenvalue weighted by molar-refractivity contribution is -0.133. The van der Waals surface area contributed by atoms with Gasteiger partial charge in [-0.15, -0.1) is 0 Å².